The summed E-state index contributed by atoms with van der Waals surface area (Å²) < 4.78 is 31.8. The van der Waals surface area contributed by atoms with Crippen LogP contribution in [0.4, 0.5) is 5.69 Å². The topological polar surface area (TPSA) is 101 Å². The first kappa shape index (κ1) is 18.4. The van der Waals surface area contributed by atoms with Crippen molar-refractivity contribution in [3.8, 4) is 0 Å². The van der Waals surface area contributed by atoms with E-state index >= 15 is 0 Å². The van der Waals surface area contributed by atoms with E-state index in [0.717, 1.165) is 5.52 Å². The van der Waals surface area contributed by atoms with Gasteiger partial charge in [0.15, 0.2) is 5.58 Å². The lowest BCUT2D eigenvalue weighted by molar-refractivity contribution is -0.113. The van der Waals surface area contributed by atoms with Crippen LogP contribution in [0.2, 0.25) is 0 Å². The summed E-state index contributed by atoms with van der Waals surface area (Å²) in [7, 11) is -2.24. The maximum absolute atomic E-state index is 12.1. The molecular formula is C17H17N3O4S2. The number of rotatable bonds is 6. The van der Waals surface area contributed by atoms with Gasteiger partial charge >= 0.3 is 0 Å². The van der Waals surface area contributed by atoms with Gasteiger partial charge in [0.25, 0.3) is 5.22 Å². The fourth-order valence-electron chi connectivity index (χ4n) is 2.31. The van der Waals surface area contributed by atoms with Crippen molar-refractivity contribution in [3.05, 3.63) is 48.0 Å². The van der Waals surface area contributed by atoms with Gasteiger partial charge in [-0.1, -0.05) is 30.0 Å². The molecule has 0 aliphatic carbocycles. The summed E-state index contributed by atoms with van der Waals surface area (Å²) in [6.07, 6.45) is 0. The van der Waals surface area contributed by atoms with E-state index in [9.17, 15) is 13.2 Å². The molecule has 0 aliphatic heterocycles. The van der Waals surface area contributed by atoms with E-state index in [2.05, 4.69) is 15.0 Å². The first-order chi connectivity index (χ1) is 12.4. The number of aryl methyl sites for hydroxylation is 1. The van der Waals surface area contributed by atoms with Crippen LogP contribution in [0.3, 0.4) is 0 Å². The Morgan fingerprint density at radius 2 is 2.00 bits per heavy atom. The third-order valence-corrected chi connectivity index (χ3v) is 6.02. The van der Waals surface area contributed by atoms with Crippen molar-refractivity contribution in [1.29, 1.82) is 0 Å². The molecule has 1 aromatic heterocycles. The minimum Gasteiger partial charge on any atom is -0.431 e. The number of thioether (sulfide) groups is 1. The summed E-state index contributed by atoms with van der Waals surface area (Å²) in [5.41, 5.74) is 2.40. The maximum Gasteiger partial charge on any atom is 0.257 e. The molecule has 3 rings (SSSR count). The highest BCUT2D eigenvalue weighted by molar-refractivity contribution is 7.99. The highest BCUT2D eigenvalue weighted by Crippen LogP contribution is 2.24. The number of nitrogens with one attached hydrogen (secondary N) is 2. The Morgan fingerprint density at radius 1 is 1.23 bits per heavy atom. The van der Waals surface area contributed by atoms with Crippen molar-refractivity contribution < 1.29 is 17.6 Å². The number of benzene rings is 2. The second-order valence-corrected chi connectivity index (χ2v) is 8.25. The number of fused-ring (bicyclic) bond motifs is 1. The van der Waals surface area contributed by atoms with E-state index in [1.54, 1.807) is 19.1 Å². The number of amides is 1. The minimum atomic E-state index is -3.59. The predicted molar refractivity (Wildman–Crippen MR) is 101 cm³/mol. The molecule has 1 amide bonds. The zero-order chi connectivity index (χ0) is 18.7. The van der Waals surface area contributed by atoms with Crippen LogP contribution in [0.15, 0.2) is 57.0 Å². The van der Waals surface area contributed by atoms with Gasteiger partial charge in [0.2, 0.25) is 15.9 Å². The van der Waals surface area contributed by atoms with Gasteiger partial charge < -0.3 is 9.73 Å². The van der Waals surface area contributed by atoms with Crippen LogP contribution >= 0.6 is 11.8 Å². The first-order valence-electron chi connectivity index (χ1n) is 7.71. The summed E-state index contributed by atoms with van der Waals surface area (Å²) in [5.74, 6) is -0.191. The summed E-state index contributed by atoms with van der Waals surface area (Å²) in [6.45, 7) is 1.69. The number of sulfonamides is 1. The molecule has 1 heterocycles. The lowest BCUT2D eigenvalue weighted by atomic mass is 10.2. The second kappa shape index (κ2) is 7.48. The van der Waals surface area contributed by atoms with Crippen LogP contribution in [0, 0.1) is 6.92 Å². The van der Waals surface area contributed by atoms with Gasteiger partial charge in [0, 0.05) is 5.69 Å². The van der Waals surface area contributed by atoms with Crippen LogP contribution in [0.25, 0.3) is 11.1 Å². The molecule has 0 saturated heterocycles. The van der Waals surface area contributed by atoms with E-state index < -0.39 is 10.0 Å². The van der Waals surface area contributed by atoms with E-state index in [4.69, 9.17) is 4.42 Å². The molecule has 0 fully saturated rings. The second-order valence-electron chi connectivity index (χ2n) is 5.47. The predicted octanol–water partition coefficient (Wildman–Crippen LogP) is 2.78. The largest absolute Gasteiger partial charge is 0.431 e. The molecule has 0 saturated carbocycles. The lowest BCUT2D eigenvalue weighted by Gasteiger charge is -2.10. The van der Waals surface area contributed by atoms with E-state index in [1.165, 1.54) is 24.9 Å². The van der Waals surface area contributed by atoms with Crippen LogP contribution in [0.5, 0.6) is 0 Å². The van der Waals surface area contributed by atoms with Crippen LogP contribution in [0.1, 0.15) is 5.56 Å². The quantitative estimate of drug-likeness (QED) is 0.627. The number of carbonyl (C=O) groups is 1. The number of hydrogen-bond donors (Lipinski definition) is 2. The number of para-hydroxylation sites is 2. The average Bonchev–Trinajstić information content (AvgIpc) is 3.04. The van der Waals surface area contributed by atoms with E-state index in [0.29, 0.717) is 22.1 Å². The number of nitrogens with zero attached hydrogens (tertiary/aromatic N) is 1. The molecule has 136 valence electrons. The number of oxazole rings is 1. The summed E-state index contributed by atoms with van der Waals surface area (Å²) in [4.78, 5) is 16.6. The molecule has 0 unspecified atom stereocenters. The van der Waals surface area contributed by atoms with Crippen molar-refractivity contribution in [2.75, 3.05) is 18.1 Å². The fraction of sp³-hybridized carbons (Fsp3) is 0.176. The molecule has 0 atom stereocenters. The molecule has 3 aromatic rings. The van der Waals surface area contributed by atoms with Crippen LogP contribution in [-0.2, 0) is 14.8 Å². The Morgan fingerprint density at radius 3 is 2.73 bits per heavy atom. The van der Waals surface area contributed by atoms with Crippen molar-refractivity contribution in [2.24, 2.45) is 0 Å². The molecule has 0 bridgehead atoms. The fourth-order valence-corrected chi connectivity index (χ4v) is 3.95. The van der Waals surface area contributed by atoms with Crippen molar-refractivity contribution >= 4 is 44.5 Å². The maximum atomic E-state index is 12.1. The van der Waals surface area contributed by atoms with Gasteiger partial charge in [-0.25, -0.2) is 18.1 Å². The van der Waals surface area contributed by atoms with Crippen molar-refractivity contribution in [3.63, 3.8) is 0 Å². The monoisotopic (exact) mass is 391 g/mol. The first-order valence-corrected chi connectivity index (χ1v) is 10.2. The van der Waals surface area contributed by atoms with Gasteiger partial charge in [-0.15, -0.1) is 0 Å². The van der Waals surface area contributed by atoms with Gasteiger partial charge in [-0.2, -0.15) is 0 Å². The molecule has 7 nitrogen and oxygen atoms in total. The van der Waals surface area contributed by atoms with E-state index in [-0.39, 0.29) is 16.6 Å². The van der Waals surface area contributed by atoms with Gasteiger partial charge in [0.05, 0.1) is 10.6 Å². The number of anilines is 1. The molecule has 0 spiro atoms. The molecule has 26 heavy (non-hydrogen) atoms. The Balaban J connectivity index is 1.67. The van der Waals surface area contributed by atoms with Crippen LogP contribution in [-0.4, -0.2) is 32.1 Å². The Bertz CT molecular complexity index is 1030. The number of aromatic nitrogens is 1. The molecule has 2 aromatic carbocycles. The lowest BCUT2D eigenvalue weighted by Crippen LogP contribution is -2.20. The SMILES string of the molecule is CNS(=O)(=O)c1cc(NC(=O)CSc2nc3ccccc3o2)ccc1C. The Hall–Kier alpha value is -2.36. The Kier molecular flexibility index (Phi) is 5.30. The zero-order valence-electron chi connectivity index (χ0n) is 14.1. The third kappa shape index (κ3) is 4.06. The number of carbonyl (C=O) groups excluding carboxylic acids is 1. The highest BCUT2D eigenvalue weighted by Gasteiger charge is 2.16. The minimum absolute atomic E-state index is 0.0921. The van der Waals surface area contributed by atoms with Crippen LogP contribution < -0.4 is 10.0 Å². The smallest absolute Gasteiger partial charge is 0.257 e. The summed E-state index contributed by atoms with van der Waals surface area (Å²) in [5, 5.41) is 3.09. The van der Waals surface area contributed by atoms with Gasteiger partial charge in [0.1, 0.15) is 5.52 Å². The molecule has 0 aliphatic rings. The molecular weight excluding hydrogens is 374 g/mol. The van der Waals surface area contributed by atoms with E-state index in [1.807, 2.05) is 24.3 Å². The molecule has 0 radical (unpaired) electrons. The zero-order valence-corrected chi connectivity index (χ0v) is 15.8. The summed E-state index contributed by atoms with van der Waals surface area (Å²) >= 11 is 1.17. The third-order valence-electron chi connectivity index (χ3n) is 3.63. The standard InChI is InChI=1S/C17H17N3O4S2/c1-11-7-8-12(9-15(11)26(22,23)18-2)19-16(21)10-25-17-20-13-5-3-4-6-14(13)24-17/h3-9,18H,10H2,1-2H3,(H,19,21). The van der Waals surface area contributed by atoms with Crippen molar-refractivity contribution in [2.45, 2.75) is 17.0 Å². The number of hydrogen-bond acceptors (Lipinski definition) is 6. The average molecular weight is 391 g/mol. The van der Waals surface area contributed by atoms with Gasteiger partial charge in [-0.05, 0) is 43.8 Å². The van der Waals surface area contributed by atoms with Gasteiger partial charge in [-0.3, -0.25) is 4.79 Å². The highest BCUT2D eigenvalue weighted by atomic mass is 32.2. The normalized spacial score (nSPS) is 11.6. The molecule has 2 N–H and O–H groups in total. The molecule has 9 heteroatoms. The van der Waals surface area contributed by atoms with Crippen molar-refractivity contribution in [1.82, 2.24) is 9.71 Å². The summed E-state index contributed by atoms with van der Waals surface area (Å²) in [6, 6.07) is 12.1. The Labute approximate surface area is 155 Å².